The first-order valence-electron chi connectivity index (χ1n) is 11.3. The number of carbonyl (C=O) groups is 2. The second-order valence-electron chi connectivity index (χ2n) is 8.79. The Morgan fingerprint density at radius 1 is 1.28 bits per heavy atom. The van der Waals surface area contributed by atoms with Crippen LogP contribution < -0.4 is 14.4 Å². The van der Waals surface area contributed by atoms with Gasteiger partial charge in [-0.25, -0.2) is 17.6 Å². The molecule has 1 aliphatic rings. The number of aromatic carboxylic acids is 1. The van der Waals surface area contributed by atoms with Gasteiger partial charge in [-0.05, 0) is 42.0 Å². The van der Waals surface area contributed by atoms with Crippen LogP contribution in [0.2, 0.25) is 0 Å². The standard InChI is InChI=1S/C24H27FN4O6S/c1-14(2)19-18(12-26)21(27-23(35-3)20(19)24(31)32)29-10-8-16(9-11-29)22(30)28-36(33,34)13-15-4-6-17(25)7-5-15/h4-7,14,16H,8-11,13H2,1-3H3,(H,28,30)(H,31,32). The minimum absolute atomic E-state index is 0.105. The van der Waals surface area contributed by atoms with E-state index in [0.717, 1.165) is 12.1 Å². The summed E-state index contributed by atoms with van der Waals surface area (Å²) in [6.45, 7) is 4.14. The first-order chi connectivity index (χ1) is 17.0. The Morgan fingerprint density at radius 2 is 1.89 bits per heavy atom. The predicted octanol–water partition coefficient (Wildman–Crippen LogP) is 2.79. The largest absolute Gasteiger partial charge is 0.480 e. The van der Waals surface area contributed by atoms with Crippen molar-refractivity contribution in [3.63, 3.8) is 0 Å². The lowest BCUT2D eigenvalue weighted by atomic mass is 9.91. The number of ether oxygens (including phenoxy) is 1. The Hall–Kier alpha value is -3.72. The highest BCUT2D eigenvalue weighted by atomic mass is 32.2. The van der Waals surface area contributed by atoms with Crippen molar-refractivity contribution >= 4 is 27.7 Å². The number of sulfonamides is 1. The van der Waals surface area contributed by atoms with Crippen LogP contribution in [0.25, 0.3) is 0 Å². The van der Waals surface area contributed by atoms with Gasteiger partial charge in [-0.1, -0.05) is 26.0 Å². The maximum atomic E-state index is 13.1. The van der Waals surface area contributed by atoms with Crippen molar-refractivity contribution in [2.75, 3.05) is 25.1 Å². The van der Waals surface area contributed by atoms with E-state index in [1.807, 2.05) is 0 Å². The fourth-order valence-electron chi connectivity index (χ4n) is 4.27. The number of anilines is 1. The number of nitriles is 1. The summed E-state index contributed by atoms with van der Waals surface area (Å²) in [5.41, 5.74) is 0.640. The van der Waals surface area contributed by atoms with E-state index in [9.17, 15) is 32.8 Å². The third kappa shape index (κ3) is 5.91. The van der Waals surface area contributed by atoms with Crippen LogP contribution in [0, 0.1) is 23.1 Å². The summed E-state index contributed by atoms with van der Waals surface area (Å²) >= 11 is 0. The molecule has 0 atom stereocenters. The summed E-state index contributed by atoms with van der Waals surface area (Å²) in [5.74, 6) is -3.54. The summed E-state index contributed by atoms with van der Waals surface area (Å²) in [7, 11) is -2.67. The number of piperidine rings is 1. The lowest BCUT2D eigenvalue weighted by molar-refractivity contribution is -0.123. The van der Waals surface area contributed by atoms with E-state index in [4.69, 9.17) is 4.74 Å². The quantitative estimate of drug-likeness (QED) is 0.538. The SMILES string of the molecule is COc1nc(N2CCC(C(=O)NS(=O)(=O)Cc3ccc(F)cc3)CC2)c(C#N)c(C(C)C)c1C(=O)O. The first-order valence-corrected chi connectivity index (χ1v) is 12.9. The molecule has 2 aromatic rings. The molecule has 3 rings (SSSR count). The Balaban J connectivity index is 1.76. The predicted molar refractivity (Wildman–Crippen MR) is 129 cm³/mol. The number of benzene rings is 1. The van der Waals surface area contributed by atoms with Crippen molar-refractivity contribution in [2.24, 2.45) is 5.92 Å². The molecule has 0 bridgehead atoms. The smallest absolute Gasteiger partial charge is 0.341 e. The molecule has 12 heteroatoms. The fourth-order valence-corrected chi connectivity index (χ4v) is 5.44. The van der Waals surface area contributed by atoms with Gasteiger partial charge in [-0.2, -0.15) is 10.2 Å². The number of amides is 1. The van der Waals surface area contributed by atoms with Gasteiger partial charge in [0.2, 0.25) is 21.8 Å². The number of carboxylic acids is 1. The number of aromatic nitrogens is 1. The van der Waals surface area contributed by atoms with Crippen LogP contribution in [0.5, 0.6) is 5.88 Å². The molecule has 1 aromatic heterocycles. The summed E-state index contributed by atoms with van der Waals surface area (Å²) < 4.78 is 45.2. The van der Waals surface area contributed by atoms with Gasteiger partial charge in [-0.15, -0.1) is 0 Å². The number of pyridine rings is 1. The molecule has 0 unspecified atom stereocenters. The minimum atomic E-state index is -3.97. The Labute approximate surface area is 208 Å². The molecule has 2 heterocycles. The third-order valence-electron chi connectivity index (χ3n) is 5.97. The monoisotopic (exact) mass is 518 g/mol. The van der Waals surface area contributed by atoms with E-state index in [0.29, 0.717) is 37.1 Å². The van der Waals surface area contributed by atoms with Crippen molar-refractivity contribution < 1.29 is 32.2 Å². The normalized spacial score (nSPS) is 14.4. The highest BCUT2D eigenvalue weighted by Gasteiger charge is 2.33. The zero-order valence-electron chi connectivity index (χ0n) is 20.1. The van der Waals surface area contributed by atoms with Crippen LogP contribution in [-0.4, -0.2) is 50.6 Å². The average molecular weight is 519 g/mol. The topological polar surface area (TPSA) is 150 Å². The molecule has 0 aliphatic carbocycles. The van der Waals surface area contributed by atoms with E-state index in [-0.39, 0.29) is 28.7 Å². The number of halogens is 1. The maximum Gasteiger partial charge on any atom is 0.341 e. The van der Waals surface area contributed by atoms with Crippen LogP contribution in [0.3, 0.4) is 0 Å². The molecule has 1 aromatic carbocycles. The van der Waals surface area contributed by atoms with E-state index in [1.54, 1.807) is 18.7 Å². The van der Waals surface area contributed by atoms with E-state index in [2.05, 4.69) is 15.8 Å². The highest BCUT2D eigenvalue weighted by molar-refractivity contribution is 7.89. The number of hydrogen-bond donors (Lipinski definition) is 2. The van der Waals surface area contributed by atoms with Gasteiger partial charge < -0.3 is 14.7 Å². The zero-order valence-corrected chi connectivity index (χ0v) is 20.9. The molecule has 1 fully saturated rings. The number of nitrogens with one attached hydrogen (secondary N) is 1. The summed E-state index contributed by atoms with van der Waals surface area (Å²) in [6.07, 6.45) is 0.592. The van der Waals surface area contributed by atoms with Crippen LogP contribution in [-0.2, 0) is 20.6 Å². The minimum Gasteiger partial charge on any atom is -0.480 e. The van der Waals surface area contributed by atoms with Gasteiger partial charge in [0.25, 0.3) is 0 Å². The average Bonchev–Trinajstić information content (AvgIpc) is 2.83. The Kier molecular flexibility index (Phi) is 8.14. The molecule has 1 saturated heterocycles. The van der Waals surface area contributed by atoms with Crippen molar-refractivity contribution in [2.45, 2.75) is 38.4 Å². The van der Waals surface area contributed by atoms with Crippen molar-refractivity contribution in [1.29, 1.82) is 5.26 Å². The zero-order chi connectivity index (χ0) is 26.6. The molecular weight excluding hydrogens is 491 g/mol. The molecule has 36 heavy (non-hydrogen) atoms. The Morgan fingerprint density at radius 3 is 2.39 bits per heavy atom. The Bertz CT molecular complexity index is 1300. The van der Waals surface area contributed by atoms with Gasteiger partial charge in [0.15, 0.2) is 5.82 Å². The number of carbonyl (C=O) groups excluding carboxylic acids is 1. The number of carboxylic acid groups (broad SMARTS) is 1. The lowest BCUT2D eigenvalue weighted by Crippen LogP contribution is -2.43. The van der Waals surface area contributed by atoms with Crippen LogP contribution in [0.15, 0.2) is 24.3 Å². The number of hydrogen-bond acceptors (Lipinski definition) is 8. The highest BCUT2D eigenvalue weighted by Crippen LogP contribution is 2.36. The number of methoxy groups -OCH3 is 1. The van der Waals surface area contributed by atoms with Gasteiger partial charge in [0.1, 0.15) is 17.4 Å². The molecule has 2 N–H and O–H groups in total. The molecule has 0 spiro atoms. The molecule has 1 aliphatic heterocycles. The van der Waals surface area contributed by atoms with E-state index >= 15 is 0 Å². The third-order valence-corrected chi connectivity index (χ3v) is 7.20. The van der Waals surface area contributed by atoms with Crippen LogP contribution >= 0.6 is 0 Å². The second-order valence-corrected chi connectivity index (χ2v) is 10.5. The summed E-state index contributed by atoms with van der Waals surface area (Å²) in [5, 5.41) is 19.5. The second kappa shape index (κ2) is 10.9. The summed E-state index contributed by atoms with van der Waals surface area (Å²) in [4.78, 5) is 30.6. The lowest BCUT2D eigenvalue weighted by Gasteiger charge is -2.33. The first kappa shape index (κ1) is 26.9. The van der Waals surface area contributed by atoms with Gasteiger partial charge in [0.05, 0.1) is 18.4 Å². The van der Waals surface area contributed by atoms with Crippen molar-refractivity contribution in [1.82, 2.24) is 9.71 Å². The van der Waals surface area contributed by atoms with E-state index in [1.165, 1.54) is 19.2 Å². The summed E-state index contributed by atoms with van der Waals surface area (Å²) in [6, 6.07) is 7.05. The van der Waals surface area contributed by atoms with Gasteiger partial charge >= 0.3 is 5.97 Å². The van der Waals surface area contributed by atoms with Crippen LogP contribution in [0.4, 0.5) is 10.2 Å². The molecule has 1 amide bonds. The molecule has 192 valence electrons. The van der Waals surface area contributed by atoms with Gasteiger partial charge in [0, 0.05) is 19.0 Å². The maximum absolute atomic E-state index is 13.1. The van der Waals surface area contributed by atoms with Crippen LogP contribution in [0.1, 0.15) is 59.7 Å². The fraction of sp³-hybridized carbons (Fsp3) is 0.417. The molecular formula is C24H27FN4O6S. The van der Waals surface area contributed by atoms with E-state index < -0.39 is 39.4 Å². The molecule has 0 saturated carbocycles. The number of rotatable bonds is 8. The number of nitrogens with zero attached hydrogens (tertiary/aromatic N) is 3. The molecule has 10 nitrogen and oxygen atoms in total. The van der Waals surface area contributed by atoms with Gasteiger partial charge in [-0.3, -0.25) is 9.52 Å². The molecule has 0 radical (unpaired) electrons. The van der Waals surface area contributed by atoms with Crippen molar-refractivity contribution in [3.05, 3.63) is 52.3 Å². The van der Waals surface area contributed by atoms with Crippen molar-refractivity contribution in [3.8, 4) is 11.9 Å².